The second-order valence-electron chi connectivity index (χ2n) is 6.29. The van der Waals surface area contributed by atoms with Crippen molar-refractivity contribution in [1.29, 1.82) is 0 Å². The Kier molecular flexibility index (Phi) is 2.41. The average Bonchev–Trinajstić information content (AvgIpc) is 2.60. The summed E-state index contributed by atoms with van der Waals surface area (Å²) in [6.07, 6.45) is 1.04. The van der Waals surface area contributed by atoms with Crippen molar-refractivity contribution < 1.29 is 0 Å². The van der Waals surface area contributed by atoms with E-state index in [1.807, 2.05) is 6.07 Å². The van der Waals surface area contributed by atoms with Crippen LogP contribution in [0.4, 0.5) is 5.69 Å². The van der Waals surface area contributed by atoms with Gasteiger partial charge in [0, 0.05) is 11.1 Å². The zero-order valence-corrected chi connectivity index (χ0v) is 13.1. The van der Waals surface area contributed by atoms with Crippen molar-refractivity contribution in [3.8, 4) is 0 Å². The molecule has 0 aliphatic carbocycles. The van der Waals surface area contributed by atoms with Crippen LogP contribution in [-0.2, 0) is 6.42 Å². The molecule has 0 bridgehead atoms. The molecule has 0 aromatic heterocycles. The van der Waals surface area contributed by atoms with Crippen LogP contribution >= 0.6 is 0 Å². The molecule has 0 atom stereocenters. The molecule has 0 radical (unpaired) electrons. The summed E-state index contributed by atoms with van der Waals surface area (Å²) >= 11 is 0. The van der Waals surface area contributed by atoms with Gasteiger partial charge in [0.05, 0.1) is 0 Å². The van der Waals surface area contributed by atoms with Crippen LogP contribution in [0.15, 0.2) is 60.7 Å². The van der Waals surface area contributed by atoms with Crippen LogP contribution in [0.1, 0.15) is 12.5 Å². The molecule has 0 fully saturated rings. The summed E-state index contributed by atoms with van der Waals surface area (Å²) in [6, 6.07) is 21.9. The number of nitrogen functional groups attached to an aromatic ring is 1. The predicted octanol–water partition coefficient (Wildman–Crippen LogP) is 5.88. The van der Waals surface area contributed by atoms with Gasteiger partial charge in [0.25, 0.3) is 0 Å². The van der Waals surface area contributed by atoms with Crippen LogP contribution in [0.3, 0.4) is 0 Å². The molecule has 0 aliphatic heterocycles. The molecule has 2 N–H and O–H groups in total. The maximum absolute atomic E-state index is 6.40. The molecule has 0 heterocycles. The molecule has 0 spiro atoms. The van der Waals surface area contributed by atoms with Crippen molar-refractivity contribution in [2.45, 2.75) is 13.3 Å². The minimum atomic E-state index is 0.866. The molecule has 1 nitrogen and oxygen atoms in total. The Morgan fingerprint density at radius 1 is 0.652 bits per heavy atom. The number of hydrogen-bond donors (Lipinski definition) is 1. The number of rotatable bonds is 1. The van der Waals surface area contributed by atoms with Gasteiger partial charge in [-0.25, -0.2) is 0 Å². The highest BCUT2D eigenvalue weighted by Gasteiger charge is 2.15. The minimum absolute atomic E-state index is 0.866. The minimum Gasteiger partial charge on any atom is -0.398 e. The van der Waals surface area contributed by atoms with Crippen molar-refractivity contribution in [2.24, 2.45) is 0 Å². The number of aryl methyl sites for hydroxylation is 1. The first kappa shape index (κ1) is 12.7. The average molecular weight is 295 g/mol. The molecule has 5 aromatic rings. The summed E-state index contributed by atoms with van der Waals surface area (Å²) in [5, 5.41) is 10.4. The maximum Gasteiger partial charge on any atom is 0.0400 e. The zero-order chi connectivity index (χ0) is 15.6. The molecule has 1 heteroatoms. The van der Waals surface area contributed by atoms with Gasteiger partial charge in [0.2, 0.25) is 0 Å². The zero-order valence-electron chi connectivity index (χ0n) is 13.1. The fourth-order valence-electron chi connectivity index (χ4n) is 4.12. The summed E-state index contributed by atoms with van der Waals surface area (Å²) in [5.74, 6) is 0. The Labute approximate surface area is 134 Å². The van der Waals surface area contributed by atoms with E-state index in [0.29, 0.717) is 0 Å². The molecule has 0 saturated carbocycles. The van der Waals surface area contributed by atoms with E-state index in [9.17, 15) is 0 Å². The molecule has 0 unspecified atom stereocenters. The monoisotopic (exact) mass is 295 g/mol. The molecular weight excluding hydrogens is 278 g/mol. The topological polar surface area (TPSA) is 26.0 Å². The lowest BCUT2D eigenvalue weighted by molar-refractivity contribution is 1.16. The molecule has 5 rings (SSSR count). The van der Waals surface area contributed by atoms with Gasteiger partial charge in [-0.1, -0.05) is 61.5 Å². The Hall–Kier alpha value is -2.80. The van der Waals surface area contributed by atoms with Gasteiger partial charge in [-0.2, -0.15) is 0 Å². The summed E-state index contributed by atoms with van der Waals surface area (Å²) in [4.78, 5) is 0. The van der Waals surface area contributed by atoms with E-state index in [4.69, 9.17) is 5.73 Å². The van der Waals surface area contributed by atoms with Gasteiger partial charge >= 0.3 is 0 Å². The summed E-state index contributed by atoms with van der Waals surface area (Å²) < 4.78 is 0. The van der Waals surface area contributed by atoms with Gasteiger partial charge in [-0.3, -0.25) is 0 Å². The molecule has 0 aliphatic rings. The Morgan fingerprint density at radius 2 is 1.39 bits per heavy atom. The van der Waals surface area contributed by atoms with Gasteiger partial charge in [-0.05, 0) is 55.8 Å². The predicted molar refractivity (Wildman–Crippen MR) is 101 cm³/mol. The van der Waals surface area contributed by atoms with E-state index in [1.165, 1.54) is 48.7 Å². The number of fused-ring (bicyclic) bond motifs is 2. The molecule has 110 valence electrons. The number of benzene rings is 5. The van der Waals surface area contributed by atoms with Crippen molar-refractivity contribution >= 4 is 48.8 Å². The van der Waals surface area contributed by atoms with Gasteiger partial charge in [-0.15, -0.1) is 0 Å². The lowest BCUT2D eigenvalue weighted by Gasteiger charge is -2.17. The molecule has 23 heavy (non-hydrogen) atoms. The smallest absolute Gasteiger partial charge is 0.0400 e. The third kappa shape index (κ3) is 1.52. The summed E-state index contributed by atoms with van der Waals surface area (Å²) in [6.45, 7) is 2.22. The standard InChI is InChI=1S/C22H17N/c1-2-13-9-11-17-16-7-3-5-14-10-12-19(23)22(20(14)16)18-8-4-6-15(13)21(17)18/h3-12H,2,23H2,1H3. The van der Waals surface area contributed by atoms with E-state index in [0.717, 1.165) is 12.1 Å². The van der Waals surface area contributed by atoms with Crippen LogP contribution in [-0.4, -0.2) is 0 Å². The van der Waals surface area contributed by atoms with Crippen LogP contribution in [0, 0.1) is 0 Å². The van der Waals surface area contributed by atoms with E-state index >= 15 is 0 Å². The van der Waals surface area contributed by atoms with Crippen LogP contribution in [0.2, 0.25) is 0 Å². The number of anilines is 1. The van der Waals surface area contributed by atoms with Crippen LogP contribution < -0.4 is 5.73 Å². The summed E-state index contributed by atoms with van der Waals surface area (Å²) in [7, 11) is 0. The van der Waals surface area contributed by atoms with Crippen molar-refractivity contribution in [3.63, 3.8) is 0 Å². The maximum atomic E-state index is 6.40. The first-order chi connectivity index (χ1) is 11.3. The molecule has 0 amide bonds. The Morgan fingerprint density at radius 3 is 2.26 bits per heavy atom. The largest absolute Gasteiger partial charge is 0.398 e. The highest BCUT2D eigenvalue weighted by Crippen LogP contribution is 2.42. The highest BCUT2D eigenvalue weighted by molar-refractivity contribution is 6.35. The SMILES string of the molecule is CCc1ccc2c3cccc4ccc(N)c(c5cccc1c25)c43. The second-order valence-corrected chi connectivity index (χ2v) is 6.29. The van der Waals surface area contributed by atoms with Crippen molar-refractivity contribution in [3.05, 3.63) is 66.2 Å². The fourth-order valence-corrected chi connectivity index (χ4v) is 4.12. The Bertz CT molecular complexity index is 1200. The molecule has 5 aromatic carbocycles. The van der Waals surface area contributed by atoms with Crippen LogP contribution in [0.5, 0.6) is 0 Å². The lowest BCUT2D eigenvalue weighted by atomic mass is 9.87. The van der Waals surface area contributed by atoms with Crippen LogP contribution in [0.25, 0.3) is 43.1 Å². The summed E-state index contributed by atoms with van der Waals surface area (Å²) in [5.41, 5.74) is 8.67. The fraction of sp³-hybridized carbons (Fsp3) is 0.0909. The first-order valence-electron chi connectivity index (χ1n) is 8.16. The van der Waals surface area contributed by atoms with E-state index < -0.39 is 0 Å². The van der Waals surface area contributed by atoms with E-state index in [-0.39, 0.29) is 0 Å². The lowest BCUT2D eigenvalue weighted by Crippen LogP contribution is -1.93. The normalized spacial score (nSPS) is 12.0. The highest BCUT2D eigenvalue weighted by atomic mass is 14.6. The quantitative estimate of drug-likeness (QED) is 0.233. The third-order valence-corrected chi connectivity index (χ3v) is 5.15. The number of hydrogen-bond acceptors (Lipinski definition) is 1. The molecule has 0 saturated heterocycles. The number of nitrogens with two attached hydrogens (primary N) is 1. The molecular formula is C22H17N. The van der Waals surface area contributed by atoms with Crippen molar-refractivity contribution in [1.82, 2.24) is 0 Å². The first-order valence-corrected chi connectivity index (χ1v) is 8.16. The third-order valence-electron chi connectivity index (χ3n) is 5.15. The van der Waals surface area contributed by atoms with Gasteiger partial charge < -0.3 is 5.73 Å². The van der Waals surface area contributed by atoms with Gasteiger partial charge in [0.15, 0.2) is 0 Å². The van der Waals surface area contributed by atoms with E-state index in [1.54, 1.807) is 0 Å². The van der Waals surface area contributed by atoms with E-state index in [2.05, 4.69) is 61.5 Å². The second kappa shape index (κ2) is 4.36. The Balaban J connectivity index is 2.25. The van der Waals surface area contributed by atoms with Gasteiger partial charge in [0.1, 0.15) is 0 Å². The van der Waals surface area contributed by atoms with Crippen molar-refractivity contribution in [2.75, 3.05) is 5.73 Å².